The predicted molar refractivity (Wildman–Crippen MR) is 213 cm³/mol. The number of hydrogen-bond acceptors (Lipinski definition) is 1. The number of rotatable bonds is 4. The number of para-hydroxylation sites is 2. The van der Waals surface area contributed by atoms with E-state index < -0.39 is 0 Å². The van der Waals surface area contributed by atoms with Gasteiger partial charge in [0.1, 0.15) is 11.2 Å². The van der Waals surface area contributed by atoms with Crippen LogP contribution < -0.4 is 0 Å². The van der Waals surface area contributed by atoms with Gasteiger partial charge in [-0.1, -0.05) is 121 Å². The van der Waals surface area contributed by atoms with E-state index in [-0.39, 0.29) is 0 Å². The van der Waals surface area contributed by atoms with Crippen LogP contribution in [0.15, 0.2) is 186 Å². The summed E-state index contributed by atoms with van der Waals surface area (Å²) in [4.78, 5) is 0. The standard InChI is InChI=1S/C48H30N2O/c1-3-13-31(14-4-1)33-17-11-19-35(29-33)49-41-23-9-7-22-39(41)45-42(49)28-26-40-46-43(27-25-38-37-21-8-10-24-44(37)51-48(38)46)50(47(40)45)36-20-12-18-34(30-36)32-15-5-2-6-16-32/h1-30H. The van der Waals surface area contributed by atoms with Crippen molar-refractivity contribution >= 4 is 65.6 Å². The third-order valence-corrected chi connectivity index (χ3v) is 10.5. The third-order valence-electron chi connectivity index (χ3n) is 10.5. The van der Waals surface area contributed by atoms with Crippen molar-refractivity contribution in [2.45, 2.75) is 0 Å². The van der Waals surface area contributed by atoms with Gasteiger partial charge in [-0.05, 0) is 82.9 Å². The molecule has 3 heterocycles. The summed E-state index contributed by atoms with van der Waals surface area (Å²) >= 11 is 0. The lowest BCUT2D eigenvalue weighted by Gasteiger charge is -2.12. The molecule has 0 N–H and O–H groups in total. The highest BCUT2D eigenvalue weighted by Crippen LogP contribution is 2.45. The first-order chi connectivity index (χ1) is 25.3. The van der Waals surface area contributed by atoms with Crippen LogP contribution in [0.5, 0.6) is 0 Å². The Balaban J connectivity index is 1.29. The maximum absolute atomic E-state index is 6.73. The minimum atomic E-state index is 0.906. The molecule has 0 radical (unpaired) electrons. The molecule has 0 amide bonds. The van der Waals surface area contributed by atoms with Crippen LogP contribution in [0, 0.1) is 0 Å². The maximum atomic E-state index is 6.73. The largest absolute Gasteiger partial charge is 0.455 e. The van der Waals surface area contributed by atoms with Crippen molar-refractivity contribution < 1.29 is 4.42 Å². The summed E-state index contributed by atoms with van der Waals surface area (Å²) < 4.78 is 11.6. The first-order valence-corrected chi connectivity index (χ1v) is 17.4. The summed E-state index contributed by atoms with van der Waals surface area (Å²) in [6.07, 6.45) is 0. The van der Waals surface area contributed by atoms with Crippen LogP contribution in [-0.2, 0) is 0 Å². The van der Waals surface area contributed by atoms with E-state index in [1.165, 1.54) is 49.4 Å². The van der Waals surface area contributed by atoms with Gasteiger partial charge in [0, 0.05) is 38.3 Å². The van der Waals surface area contributed by atoms with Crippen LogP contribution in [0.2, 0.25) is 0 Å². The van der Waals surface area contributed by atoms with Gasteiger partial charge in [0.25, 0.3) is 0 Å². The van der Waals surface area contributed by atoms with Gasteiger partial charge in [-0.2, -0.15) is 0 Å². The minimum absolute atomic E-state index is 0.906. The van der Waals surface area contributed by atoms with Gasteiger partial charge in [0.05, 0.1) is 27.5 Å². The number of furan rings is 1. The van der Waals surface area contributed by atoms with E-state index in [2.05, 4.69) is 185 Å². The Morgan fingerprint density at radius 2 is 0.882 bits per heavy atom. The molecule has 8 aromatic carbocycles. The zero-order valence-electron chi connectivity index (χ0n) is 27.6. The molecule has 51 heavy (non-hydrogen) atoms. The Hall–Kier alpha value is -6.84. The van der Waals surface area contributed by atoms with Gasteiger partial charge >= 0.3 is 0 Å². The Kier molecular flexibility index (Phi) is 5.96. The molecular weight excluding hydrogens is 621 g/mol. The molecule has 11 aromatic rings. The molecule has 0 aliphatic carbocycles. The molecule has 0 atom stereocenters. The van der Waals surface area contributed by atoms with Crippen LogP contribution in [0.25, 0.3) is 99.2 Å². The van der Waals surface area contributed by atoms with Crippen molar-refractivity contribution in [2.24, 2.45) is 0 Å². The number of benzene rings is 8. The molecule has 0 aliphatic rings. The first kappa shape index (κ1) is 28.0. The summed E-state index contributed by atoms with van der Waals surface area (Å²) in [6.45, 7) is 0. The molecule has 0 saturated carbocycles. The fourth-order valence-electron chi connectivity index (χ4n) is 8.28. The van der Waals surface area contributed by atoms with Crippen LogP contribution in [0.1, 0.15) is 0 Å². The van der Waals surface area contributed by atoms with Gasteiger partial charge in [0.15, 0.2) is 0 Å². The summed E-state index contributed by atoms with van der Waals surface area (Å²) in [5.41, 5.74) is 13.5. The van der Waals surface area contributed by atoms with Crippen LogP contribution in [0.3, 0.4) is 0 Å². The SMILES string of the molecule is c1ccc(-c2cccc(-n3c4ccccc4c4c3ccc3c5c6oc7ccccc7c6ccc5n(-c5cccc(-c6ccccc6)c5)c34)c2)cc1. The highest BCUT2D eigenvalue weighted by atomic mass is 16.3. The maximum Gasteiger partial charge on any atom is 0.145 e. The van der Waals surface area contributed by atoms with E-state index in [0.29, 0.717) is 0 Å². The highest BCUT2D eigenvalue weighted by molar-refractivity contribution is 6.31. The smallest absolute Gasteiger partial charge is 0.145 e. The predicted octanol–water partition coefficient (Wildman–Crippen LogP) is 13.1. The van der Waals surface area contributed by atoms with Crippen molar-refractivity contribution in [2.75, 3.05) is 0 Å². The van der Waals surface area contributed by atoms with E-state index in [1.54, 1.807) is 0 Å². The molecule has 3 heteroatoms. The van der Waals surface area contributed by atoms with Gasteiger partial charge in [-0.3, -0.25) is 0 Å². The quantitative estimate of drug-likeness (QED) is 0.186. The van der Waals surface area contributed by atoms with Crippen molar-refractivity contribution in [3.8, 4) is 33.6 Å². The van der Waals surface area contributed by atoms with Gasteiger partial charge in [0.2, 0.25) is 0 Å². The zero-order chi connectivity index (χ0) is 33.5. The molecule has 0 spiro atoms. The van der Waals surface area contributed by atoms with E-state index in [1.807, 2.05) is 6.07 Å². The van der Waals surface area contributed by atoms with E-state index in [4.69, 9.17) is 4.42 Å². The molecule has 0 saturated heterocycles. The van der Waals surface area contributed by atoms with Crippen LogP contribution >= 0.6 is 0 Å². The number of fused-ring (bicyclic) bond motifs is 11. The van der Waals surface area contributed by atoms with E-state index >= 15 is 0 Å². The summed E-state index contributed by atoms with van der Waals surface area (Å²) in [5.74, 6) is 0. The van der Waals surface area contributed by atoms with Crippen molar-refractivity contribution in [3.05, 3.63) is 182 Å². The average Bonchev–Trinajstić information content (AvgIpc) is 3.86. The van der Waals surface area contributed by atoms with Crippen LogP contribution in [0.4, 0.5) is 0 Å². The minimum Gasteiger partial charge on any atom is -0.455 e. The van der Waals surface area contributed by atoms with E-state index in [9.17, 15) is 0 Å². The molecule has 238 valence electrons. The molecule has 0 aliphatic heterocycles. The fraction of sp³-hybridized carbons (Fsp3) is 0. The monoisotopic (exact) mass is 650 g/mol. The highest BCUT2D eigenvalue weighted by Gasteiger charge is 2.24. The van der Waals surface area contributed by atoms with Crippen molar-refractivity contribution in [1.82, 2.24) is 9.13 Å². The van der Waals surface area contributed by atoms with Crippen LogP contribution in [-0.4, -0.2) is 9.13 Å². The van der Waals surface area contributed by atoms with E-state index in [0.717, 1.165) is 49.7 Å². The first-order valence-electron chi connectivity index (χ1n) is 17.4. The molecule has 0 fully saturated rings. The Bertz CT molecular complexity index is 3130. The van der Waals surface area contributed by atoms with Gasteiger partial charge < -0.3 is 13.6 Å². The van der Waals surface area contributed by atoms with Crippen molar-refractivity contribution in [3.63, 3.8) is 0 Å². The lowest BCUT2D eigenvalue weighted by molar-refractivity contribution is 0.673. The van der Waals surface area contributed by atoms with Gasteiger partial charge in [-0.25, -0.2) is 0 Å². The lowest BCUT2D eigenvalue weighted by Crippen LogP contribution is -1.96. The Morgan fingerprint density at radius 3 is 1.59 bits per heavy atom. The second kappa shape index (κ2) is 10.8. The molecule has 0 unspecified atom stereocenters. The molecule has 3 aromatic heterocycles. The average molecular weight is 651 g/mol. The second-order valence-corrected chi connectivity index (χ2v) is 13.3. The Morgan fingerprint density at radius 1 is 0.333 bits per heavy atom. The molecule has 11 rings (SSSR count). The summed E-state index contributed by atoms with van der Waals surface area (Å²) in [7, 11) is 0. The summed E-state index contributed by atoms with van der Waals surface area (Å²) in [5, 5.41) is 7.01. The Labute approximate surface area is 293 Å². The molecule has 0 bridgehead atoms. The molecular formula is C48H30N2O. The number of nitrogens with zero attached hydrogens (tertiary/aromatic N) is 2. The van der Waals surface area contributed by atoms with Gasteiger partial charge in [-0.15, -0.1) is 0 Å². The molecule has 3 nitrogen and oxygen atoms in total. The lowest BCUT2D eigenvalue weighted by atomic mass is 10.0. The second-order valence-electron chi connectivity index (χ2n) is 13.3. The number of aromatic nitrogens is 2. The van der Waals surface area contributed by atoms with Crippen molar-refractivity contribution in [1.29, 1.82) is 0 Å². The fourth-order valence-corrected chi connectivity index (χ4v) is 8.28. The number of hydrogen-bond donors (Lipinski definition) is 0. The summed E-state index contributed by atoms with van der Waals surface area (Å²) in [6, 6.07) is 65.4. The zero-order valence-corrected chi connectivity index (χ0v) is 27.6. The normalized spacial score (nSPS) is 11.9. The third kappa shape index (κ3) is 4.12. The topological polar surface area (TPSA) is 23.0 Å².